The Hall–Kier alpha value is -3.16. The molecule has 1 aromatic carbocycles. The molecular formula is C14H14N4O4. The first kappa shape index (κ1) is 15.2. The summed E-state index contributed by atoms with van der Waals surface area (Å²) in [5.41, 5.74) is -0.875. The maximum absolute atomic E-state index is 11.5. The molecule has 1 aromatic heterocycles. The summed E-state index contributed by atoms with van der Waals surface area (Å²) >= 11 is 0. The van der Waals surface area contributed by atoms with Crippen molar-refractivity contribution in [3.63, 3.8) is 0 Å². The first-order valence-electron chi connectivity index (χ1n) is 6.35. The number of anilines is 1. The Morgan fingerprint density at radius 2 is 1.73 bits per heavy atom. The Morgan fingerprint density at radius 1 is 1.09 bits per heavy atom. The SMILES string of the molecule is CN(C)c1ccc(C=Cc2[nH]c(=O)[nH]c(=O)c2[N+](=O)[O-])cc1. The van der Waals surface area contributed by atoms with Crippen molar-refractivity contribution in [2.75, 3.05) is 19.0 Å². The van der Waals surface area contributed by atoms with Gasteiger partial charge in [0.1, 0.15) is 5.69 Å². The second-order valence-corrected chi connectivity index (χ2v) is 4.75. The van der Waals surface area contributed by atoms with Gasteiger partial charge in [-0.15, -0.1) is 0 Å². The summed E-state index contributed by atoms with van der Waals surface area (Å²) in [7, 11) is 3.82. The van der Waals surface area contributed by atoms with Crippen molar-refractivity contribution < 1.29 is 4.92 Å². The lowest BCUT2D eigenvalue weighted by molar-refractivity contribution is -0.386. The van der Waals surface area contributed by atoms with E-state index in [2.05, 4.69) is 4.98 Å². The van der Waals surface area contributed by atoms with E-state index >= 15 is 0 Å². The molecule has 0 atom stereocenters. The number of hydrogen-bond donors (Lipinski definition) is 2. The van der Waals surface area contributed by atoms with Crippen molar-refractivity contribution >= 4 is 23.5 Å². The number of aromatic nitrogens is 2. The quantitative estimate of drug-likeness (QED) is 0.651. The molecule has 2 N–H and O–H groups in total. The van der Waals surface area contributed by atoms with E-state index in [0.717, 1.165) is 11.3 Å². The average molecular weight is 302 g/mol. The largest absolute Gasteiger partial charge is 0.378 e. The lowest BCUT2D eigenvalue weighted by atomic mass is 10.1. The molecule has 8 nitrogen and oxygen atoms in total. The van der Waals surface area contributed by atoms with Crippen LogP contribution >= 0.6 is 0 Å². The van der Waals surface area contributed by atoms with Crippen LogP contribution in [0.2, 0.25) is 0 Å². The molecule has 1 heterocycles. The molecule has 22 heavy (non-hydrogen) atoms. The van der Waals surface area contributed by atoms with Crippen LogP contribution in [0.5, 0.6) is 0 Å². The zero-order chi connectivity index (χ0) is 16.3. The van der Waals surface area contributed by atoms with Gasteiger partial charge in [0.25, 0.3) is 0 Å². The molecule has 0 radical (unpaired) electrons. The third kappa shape index (κ3) is 3.29. The van der Waals surface area contributed by atoms with Gasteiger partial charge in [0, 0.05) is 19.8 Å². The van der Waals surface area contributed by atoms with Gasteiger partial charge in [-0.25, -0.2) is 4.79 Å². The highest BCUT2D eigenvalue weighted by Crippen LogP contribution is 2.16. The molecule has 0 aliphatic heterocycles. The molecule has 0 aliphatic carbocycles. The van der Waals surface area contributed by atoms with Gasteiger partial charge in [-0.1, -0.05) is 18.2 Å². The van der Waals surface area contributed by atoms with Crippen LogP contribution in [0.3, 0.4) is 0 Å². The van der Waals surface area contributed by atoms with E-state index in [4.69, 9.17) is 0 Å². The van der Waals surface area contributed by atoms with Gasteiger partial charge in [-0.2, -0.15) is 0 Å². The number of H-pyrrole nitrogens is 2. The van der Waals surface area contributed by atoms with Crippen LogP contribution in [0, 0.1) is 10.1 Å². The lowest BCUT2D eigenvalue weighted by Gasteiger charge is -2.11. The molecule has 0 aliphatic rings. The fraction of sp³-hybridized carbons (Fsp3) is 0.143. The topological polar surface area (TPSA) is 112 Å². The van der Waals surface area contributed by atoms with Crippen LogP contribution in [0.25, 0.3) is 12.2 Å². The first-order chi connectivity index (χ1) is 10.4. The first-order valence-corrected chi connectivity index (χ1v) is 6.35. The van der Waals surface area contributed by atoms with E-state index in [1.54, 1.807) is 6.08 Å². The standard InChI is InChI=1S/C14H14N4O4/c1-17(2)10-6-3-9(4-7-10)5-8-11-12(18(21)22)13(19)16-14(20)15-11/h3-8H,1-2H3,(H2,15,16,19,20). The van der Waals surface area contributed by atoms with Crippen molar-refractivity contribution in [3.05, 3.63) is 66.5 Å². The highest BCUT2D eigenvalue weighted by Gasteiger charge is 2.18. The molecule has 0 bridgehead atoms. The minimum atomic E-state index is -1.03. The van der Waals surface area contributed by atoms with Crippen LogP contribution in [0.15, 0.2) is 33.9 Å². The summed E-state index contributed by atoms with van der Waals surface area (Å²) in [6, 6.07) is 7.41. The van der Waals surface area contributed by atoms with Crippen LogP contribution in [-0.4, -0.2) is 29.0 Å². The summed E-state index contributed by atoms with van der Waals surface area (Å²) in [5.74, 6) is 0. The van der Waals surface area contributed by atoms with Gasteiger partial charge in [0.05, 0.1) is 4.92 Å². The Balaban J connectivity index is 2.40. The number of nitrogens with zero attached hydrogens (tertiary/aromatic N) is 2. The summed E-state index contributed by atoms with van der Waals surface area (Å²) in [4.78, 5) is 38.8. The second-order valence-electron chi connectivity index (χ2n) is 4.75. The van der Waals surface area contributed by atoms with Crippen LogP contribution in [0.1, 0.15) is 11.3 Å². The molecule has 0 amide bonds. The monoisotopic (exact) mass is 302 g/mol. The minimum Gasteiger partial charge on any atom is -0.378 e. The summed E-state index contributed by atoms with van der Waals surface area (Å²) in [6.07, 6.45) is 2.91. The maximum Gasteiger partial charge on any atom is 0.357 e. The molecule has 0 unspecified atom stereocenters. The fourth-order valence-corrected chi connectivity index (χ4v) is 1.86. The van der Waals surface area contributed by atoms with Crippen molar-refractivity contribution in [3.8, 4) is 0 Å². The highest BCUT2D eigenvalue weighted by atomic mass is 16.6. The molecule has 114 valence electrons. The van der Waals surface area contributed by atoms with Gasteiger partial charge in [0.2, 0.25) is 0 Å². The Bertz CT molecular complexity index is 831. The number of rotatable bonds is 4. The zero-order valence-electron chi connectivity index (χ0n) is 12.0. The van der Waals surface area contributed by atoms with E-state index < -0.39 is 21.9 Å². The number of nitro groups is 1. The minimum absolute atomic E-state index is 0.143. The van der Waals surface area contributed by atoms with Crippen LogP contribution < -0.4 is 16.1 Å². The van der Waals surface area contributed by atoms with Crippen molar-refractivity contribution in [1.82, 2.24) is 9.97 Å². The lowest BCUT2D eigenvalue weighted by Crippen LogP contribution is -2.25. The third-order valence-corrected chi connectivity index (χ3v) is 2.98. The molecule has 0 spiro atoms. The molecule has 8 heteroatoms. The zero-order valence-corrected chi connectivity index (χ0v) is 12.0. The molecule has 0 fully saturated rings. The van der Waals surface area contributed by atoms with Crippen molar-refractivity contribution in [2.45, 2.75) is 0 Å². The summed E-state index contributed by atoms with van der Waals surface area (Å²) in [5, 5.41) is 10.9. The molecule has 2 aromatic rings. The second kappa shape index (κ2) is 6.08. The van der Waals surface area contributed by atoms with E-state index in [1.807, 2.05) is 48.2 Å². The molecule has 0 saturated heterocycles. The fourth-order valence-electron chi connectivity index (χ4n) is 1.86. The number of nitrogens with one attached hydrogen (secondary N) is 2. The third-order valence-electron chi connectivity index (χ3n) is 2.98. The van der Waals surface area contributed by atoms with Gasteiger partial charge in [-0.05, 0) is 23.8 Å². The van der Waals surface area contributed by atoms with Crippen molar-refractivity contribution in [2.24, 2.45) is 0 Å². The molecular weight excluding hydrogens is 288 g/mol. The number of aromatic amines is 2. The Morgan fingerprint density at radius 3 is 2.27 bits per heavy atom. The number of benzene rings is 1. The summed E-state index contributed by atoms with van der Waals surface area (Å²) in [6.45, 7) is 0. The number of hydrogen-bond acceptors (Lipinski definition) is 5. The normalized spacial score (nSPS) is 10.8. The highest BCUT2D eigenvalue weighted by molar-refractivity contribution is 5.72. The van der Waals surface area contributed by atoms with E-state index in [1.165, 1.54) is 6.08 Å². The van der Waals surface area contributed by atoms with Gasteiger partial charge >= 0.3 is 16.9 Å². The van der Waals surface area contributed by atoms with E-state index in [-0.39, 0.29) is 5.69 Å². The Kier molecular flexibility index (Phi) is 4.21. The van der Waals surface area contributed by atoms with Gasteiger partial charge in [-0.3, -0.25) is 19.9 Å². The molecule has 0 saturated carbocycles. The smallest absolute Gasteiger partial charge is 0.357 e. The molecule has 2 rings (SSSR count). The van der Waals surface area contributed by atoms with Crippen molar-refractivity contribution in [1.29, 1.82) is 0 Å². The van der Waals surface area contributed by atoms with E-state index in [0.29, 0.717) is 0 Å². The maximum atomic E-state index is 11.5. The van der Waals surface area contributed by atoms with Gasteiger partial charge in [0.15, 0.2) is 0 Å². The van der Waals surface area contributed by atoms with E-state index in [9.17, 15) is 19.7 Å². The van der Waals surface area contributed by atoms with Crippen LogP contribution in [-0.2, 0) is 0 Å². The predicted molar refractivity (Wildman–Crippen MR) is 84.0 cm³/mol. The van der Waals surface area contributed by atoms with Gasteiger partial charge < -0.3 is 9.88 Å². The van der Waals surface area contributed by atoms with Crippen LogP contribution in [0.4, 0.5) is 11.4 Å². The Labute approximate surface area is 124 Å². The summed E-state index contributed by atoms with van der Waals surface area (Å²) < 4.78 is 0. The predicted octanol–water partition coefficient (Wildman–Crippen LogP) is 1.21. The average Bonchev–Trinajstić information content (AvgIpc) is 2.44.